The lowest BCUT2D eigenvalue weighted by molar-refractivity contribution is -0.0192. The molecule has 4 aromatic rings. The highest BCUT2D eigenvalue weighted by Crippen LogP contribution is 2.45. The van der Waals surface area contributed by atoms with Crippen LogP contribution in [0.4, 0.5) is 0 Å². The maximum Gasteiger partial charge on any atom is 0.217 e. The van der Waals surface area contributed by atoms with Crippen LogP contribution < -0.4 is 10.1 Å². The van der Waals surface area contributed by atoms with E-state index in [-0.39, 0.29) is 19.4 Å². The molecule has 0 amide bonds. The lowest BCUT2D eigenvalue weighted by Crippen LogP contribution is -2.52. The number of rotatable bonds is 6. The van der Waals surface area contributed by atoms with Gasteiger partial charge >= 0.3 is 0 Å². The Morgan fingerprint density at radius 2 is 1.97 bits per heavy atom. The minimum Gasteiger partial charge on any atom is -0.481 e. The van der Waals surface area contributed by atoms with Crippen LogP contribution in [-0.2, 0) is 6.42 Å². The summed E-state index contributed by atoms with van der Waals surface area (Å²) in [5, 5.41) is 17.5. The topological polar surface area (TPSA) is 67.3 Å². The van der Waals surface area contributed by atoms with Crippen LogP contribution in [0.2, 0.25) is 5.02 Å². The Kier molecular flexibility index (Phi) is 8.30. The summed E-state index contributed by atoms with van der Waals surface area (Å²) in [6.07, 6.45) is 3.72. The molecule has 0 aliphatic carbocycles. The van der Waals surface area contributed by atoms with E-state index in [0.29, 0.717) is 30.3 Å². The molecule has 1 aliphatic heterocycles. The highest BCUT2D eigenvalue weighted by molar-refractivity contribution is 9.10. The number of halogens is 2. The zero-order chi connectivity index (χ0) is 24.4. The minimum atomic E-state index is -1.02. The van der Waals surface area contributed by atoms with Crippen molar-refractivity contribution in [3.05, 3.63) is 99.2 Å². The van der Waals surface area contributed by atoms with Crippen molar-refractivity contribution in [3.8, 4) is 5.88 Å². The molecule has 5 rings (SSSR count). The number of methoxy groups -OCH3 is 1. The van der Waals surface area contributed by atoms with Gasteiger partial charge in [0.25, 0.3) is 0 Å². The number of ether oxygens (including phenoxy) is 1. The molecule has 188 valence electrons. The SMILES string of the molecule is C.COc1nc2ccc(Br)cc2cc1C(c1ccc(Cl)cc1)C1(O)CCNC(Cc2ccccn2)C1. The second-order valence-corrected chi connectivity index (χ2v) is 10.5. The third kappa shape index (κ3) is 5.57. The average Bonchev–Trinajstić information content (AvgIpc) is 2.85. The van der Waals surface area contributed by atoms with Crippen molar-refractivity contribution >= 4 is 38.4 Å². The van der Waals surface area contributed by atoms with E-state index < -0.39 is 5.60 Å². The molecule has 3 unspecified atom stereocenters. The maximum absolute atomic E-state index is 12.3. The van der Waals surface area contributed by atoms with Crippen LogP contribution in [-0.4, -0.2) is 40.4 Å². The van der Waals surface area contributed by atoms with Crippen LogP contribution in [0, 0.1) is 0 Å². The van der Waals surface area contributed by atoms with E-state index >= 15 is 0 Å². The van der Waals surface area contributed by atoms with Gasteiger partial charge in [0, 0.05) is 50.7 Å². The van der Waals surface area contributed by atoms with Crippen LogP contribution >= 0.6 is 27.5 Å². The van der Waals surface area contributed by atoms with E-state index in [4.69, 9.17) is 21.3 Å². The molecule has 3 heterocycles. The summed E-state index contributed by atoms with van der Waals surface area (Å²) in [5.74, 6) is 0.173. The molecular formula is C29H31BrClN3O2. The van der Waals surface area contributed by atoms with E-state index in [9.17, 15) is 5.11 Å². The first-order valence-corrected chi connectivity index (χ1v) is 12.9. The summed E-state index contributed by atoms with van der Waals surface area (Å²) in [6.45, 7) is 0.701. The average molecular weight is 569 g/mol. The van der Waals surface area contributed by atoms with Crippen molar-refractivity contribution in [1.82, 2.24) is 15.3 Å². The molecule has 2 aromatic heterocycles. The maximum atomic E-state index is 12.3. The molecule has 2 aromatic carbocycles. The van der Waals surface area contributed by atoms with Crippen molar-refractivity contribution < 1.29 is 9.84 Å². The highest BCUT2D eigenvalue weighted by Gasteiger charge is 2.44. The quantitative estimate of drug-likeness (QED) is 0.276. The number of benzene rings is 2. The Labute approximate surface area is 226 Å². The summed E-state index contributed by atoms with van der Waals surface area (Å²) in [7, 11) is 1.63. The number of fused-ring (bicyclic) bond motifs is 1. The van der Waals surface area contributed by atoms with Crippen molar-refractivity contribution in [2.24, 2.45) is 0 Å². The first-order valence-electron chi connectivity index (χ1n) is 11.7. The fraction of sp³-hybridized carbons (Fsp3) is 0.310. The van der Waals surface area contributed by atoms with Crippen LogP contribution in [0.25, 0.3) is 10.9 Å². The lowest BCUT2D eigenvalue weighted by Gasteiger charge is -2.43. The van der Waals surface area contributed by atoms with Gasteiger partial charge < -0.3 is 15.2 Å². The largest absolute Gasteiger partial charge is 0.481 e. The summed E-state index contributed by atoms with van der Waals surface area (Å²) in [5.41, 5.74) is 2.67. The third-order valence-corrected chi connectivity index (χ3v) is 7.53. The van der Waals surface area contributed by atoms with Crippen molar-refractivity contribution in [1.29, 1.82) is 0 Å². The zero-order valence-electron chi connectivity index (χ0n) is 19.4. The van der Waals surface area contributed by atoms with Gasteiger partial charge in [-0.3, -0.25) is 4.98 Å². The molecule has 1 saturated heterocycles. The molecule has 0 radical (unpaired) electrons. The van der Waals surface area contributed by atoms with E-state index in [1.165, 1.54) is 0 Å². The van der Waals surface area contributed by atoms with E-state index in [0.717, 1.165) is 38.6 Å². The fourth-order valence-electron chi connectivity index (χ4n) is 5.22. The fourth-order valence-corrected chi connectivity index (χ4v) is 5.73. The molecule has 7 heteroatoms. The normalized spacial score (nSPS) is 20.5. The van der Waals surface area contributed by atoms with E-state index in [1.807, 2.05) is 66.9 Å². The molecule has 2 N–H and O–H groups in total. The van der Waals surface area contributed by atoms with E-state index in [1.54, 1.807) is 7.11 Å². The van der Waals surface area contributed by atoms with Crippen LogP contribution in [0.5, 0.6) is 5.88 Å². The number of nitrogens with zero attached hydrogens (tertiary/aromatic N) is 2. The van der Waals surface area contributed by atoms with E-state index in [2.05, 4.69) is 32.3 Å². The molecule has 3 atom stereocenters. The molecular weight excluding hydrogens is 538 g/mol. The lowest BCUT2D eigenvalue weighted by atomic mass is 9.70. The van der Waals surface area contributed by atoms with Gasteiger partial charge in [0.05, 0.1) is 18.2 Å². The summed E-state index contributed by atoms with van der Waals surface area (Å²) >= 11 is 9.80. The van der Waals surface area contributed by atoms with Gasteiger partial charge in [-0.25, -0.2) is 4.98 Å². The molecule has 0 saturated carbocycles. The number of aromatic nitrogens is 2. The second kappa shape index (κ2) is 11.3. The van der Waals surface area contributed by atoms with Crippen LogP contribution in [0.1, 0.15) is 43.0 Å². The van der Waals surface area contributed by atoms with Gasteiger partial charge in [-0.05, 0) is 73.5 Å². The van der Waals surface area contributed by atoms with Gasteiger partial charge in [-0.15, -0.1) is 0 Å². The Bertz CT molecular complexity index is 1320. The smallest absolute Gasteiger partial charge is 0.217 e. The van der Waals surface area contributed by atoms with Gasteiger partial charge in [-0.2, -0.15) is 0 Å². The van der Waals surface area contributed by atoms with Gasteiger partial charge in [0.15, 0.2) is 0 Å². The Morgan fingerprint density at radius 3 is 2.69 bits per heavy atom. The third-order valence-electron chi connectivity index (χ3n) is 6.79. The number of hydrogen-bond donors (Lipinski definition) is 2. The molecule has 0 spiro atoms. The molecule has 36 heavy (non-hydrogen) atoms. The number of aliphatic hydroxyl groups is 1. The van der Waals surface area contributed by atoms with Crippen molar-refractivity contribution in [3.63, 3.8) is 0 Å². The minimum absolute atomic E-state index is 0. The Balaban J connectivity index is 0.00000304. The number of pyridine rings is 2. The molecule has 1 aliphatic rings. The molecule has 0 bridgehead atoms. The monoisotopic (exact) mass is 567 g/mol. The molecule has 5 nitrogen and oxygen atoms in total. The zero-order valence-corrected chi connectivity index (χ0v) is 21.8. The molecule has 1 fully saturated rings. The van der Waals surface area contributed by atoms with Gasteiger partial charge in [-0.1, -0.05) is 53.2 Å². The van der Waals surface area contributed by atoms with Gasteiger partial charge in [0.2, 0.25) is 5.88 Å². The van der Waals surface area contributed by atoms with Gasteiger partial charge in [0.1, 0.15) is 0 Å². The summed E-state index contributed by atoms with van der Waals surface area (Å²) in [4.78, 5) is 9.30. The summed E-state index contributed by atoms with van der Waals surface area (Å²) in [6, 6.07) is 21.8. The first kappa shape index (κ1) is 26.6. The summed E-state index contributed by atoms with van der Waals surface area (Å²) < 4.78 is 6.76. The van der Waals surface area contributed by atoms with Crippen LogP contribution in [0.3, 0.4) is 0 Å². The Hall–Kier alpha value is -2.51. The highest BCUT2D eigenvalue weighted by atomic mass is 79.9. The number of hydrogen-bond acceptors (Lipinski definition) is 5. The Morgan fingerprint density at radius 1 is 1.17 bits per heavy atom. The van der Waals surface area contributed by atoms with Crippen LogP contribution in [0.15, 0.2) is 77.4 Å². The standard InChI is InChI=1S/C28H27BrClN3O2.CH4/c1-35-27-24(15-19-14-20(29)7-10-25(19)33-27)26(18-5-8-21(30)9-6-18)28(34)11-13-32-23(17-28)16-22-4-2-3-12-31-22;/h2-10,12,14-15,23,26,32,34H,11,13,16-17H2,1H3;1H4. The predicted octanol–water partition coefficient (Wildman–Crippen LogP) is 6.55. The first-order chi connectivity index (χ1) is 16.9. The number of nitrogens with one attached hydrogen (secondary N) is 1. The predicted molar refractivity (Wildman–Crippen MR) is 150 cm³/mol. The van der Waals surface area contributed by atoms with Crippen molar-refractivity contribution in [2.75, 3.05) is 13.7 Å². The van der Waals surface area contributed by atoms with Crippen molar-refractivity contribution in [2.45, 2.75) is 44.2 Å². The second-order valence-electron chi connectivity index (χ2n) is 9.14. The number of piperidine rings is 1.